The van der Waals surface area contributed by atoms with E-state index in [1.54, 1.807) is 0 Å². The Morgan fingerprint density at radius 1 is 1.33 bits per heavy atom. The number of rotatable bonds is 10. The third kappa shape index (κ3) is 13.0. The minimum atomic E-state index is -4.31. The quantitative estimate of drug-likeness (QED) is 0.165. The summed E-state index contributed by atoms with van der Waals surface area (Å²) in [7, 11) is -4.31. The Hall–Kier alpha value is 0.580. The first-order valence-electron chi connectivity index (χ1n) is 5.52. The zero-order chi connectivity index (χ0) is 13.1. The van der Waals surface area contributed by atoms with Crippen LogP contribution in [0.15, 0.2) is 12.7 Å². The van der Waals surface area contributed by atoms with Crippen molar-refractivity contribution >= 4 is 51.5 Å². The van der Waals surface area contributed by atoms with Crippen LogP contribution in [0.2, 0.25) is 0 Å². The second-order valence-electron chi connectivity index (χ2n) is 3.40. The molecule has 18 heavy (non-hydrogen) atoms. The third-order valence-electron chi connectivity index (χ3n) is 1.88. The molecule has 1 atom stereocenters. The zero-order valence-electron chi connectivity index (χ0n) is 9.96. The summed E-state index contributed by atoms with van der Waals surface area (Å²) in [4.78, 5) is 23.6. The minimum absolute atomic E-state index is 0. The van der Waals surface area contributed by atoms with Crippen molar-refractivity contribution in [3.63, 3.8) is 0 Å². The molecule has 8 heteroatoms. The first kappa shape index (κ1) is 20.9. The van der Waals surface area contributed by atoms with E-state index in [1.165, 1.54) is 0 Å². The number of carbonyl (C=O) groups excluding carboxylic acids is 1. The number of hydrogen-bond donors (Lipinski definition) is 1. The van der Waals surface area contributed by atoms with Gasteiger partial charge in [0.15, 0.2) is 0 Å². The van der Waals surface area contributed by atoms with E-state index < -0.39 is 13.8 Å². The van der Waals surface area contributed by atoms with Crippen LogP contribution in [-0.4, -0.2) is 55.2 Å². The van der Waals surface area contributed by atoms with Gasteiger partial charge in [0.25, 0.3) is 0 Å². The molecular formula is C10H21CaO6P. The standard InChI is InChI=1S/C10H19O6P.Ca.2H/c1-3-5-6-7-8-9-14-17(12,13)16-15-10(11)4-2;;;/h4H,2-3,5-9H2,1H3,(H,12,13);;;. The SMILES string of the molecule is C=CC(=O)OOP(=O)(O)OCCCCCCC.[CaH2]. The van der Waals surface area contributed by atoms with E-state index in [4.69, 9.17) is 4.89 Å². The molecule has 0 aliphatic carbocycles. The van der Waals surface area contributed by atoms with Gasteiger partial charge in [-0.3, -0.25) is 9.41 Å². The molecule has 0 bridgehead atoms. The third-order valence-corrected chi connectivity index (χ3v) is 2.65. The fourth-order valence-corrected chi connectivity index (χ4v) is 1.60. The van der Waals surface area contributed by atoms with Crippen LogP contribution in [0.1, 0.15) is 39.0 Å². The maximum absolute atomic E-state index is 11.1. The number of hydrogen-bond acceptors (Lipinski definition) is 5. The van der Waals surface area contributed by atoms with Crippen LogP contribution < -0.4 is 0 Å². The Labute approximate surface area is 137 Å². The van der Waals surface area contributed by atoms with Gasteiger partial charge < -0.3 is 4.89 Å². The Balaban J connectivity index is 0. The molecule has 1 unspecified atom stereocenters. The Kier molecular flexibility index (Phi) is 14.6. The van der Waals surface area contributed by atoms with Crippen LogP contribution in [0.5, 0.6) is 0 Å². The molecule has 1 N–H and O–H groups in total. The van der Waals surface area contributed by atoms with Gasteiger partial charge in [0.1, 0.15) is 0 Å². The molecular weight excluding hydrogens is 287 g/mol. The molecule has 0 radical (unpaired) electrons. The molecule has 0 aliphatic rings. The van der Waals surface area contributed by atoms with Crippen molar-refractivity contribution in [2.45, 2.75) is 39.0 Å². The summed E-state index contributed by atoms with van der Waals surface area (Å²) in [5, 5.41) is 0. The van der Waals surface area contributed by atoms with Crippen LogP contribution in [-0.2, 0) is 23.4 Å². The van der Waals surface area contributed by atoms with Crippen LogP contribution in [0, 0.1) is 0 Å². The van der Waals surface area contributed by atoms with E-state index in [2.05, 4.69) is 27.6 Å². The molecule has 0 aromatic carbocycles. The van der Waals surface area contributed by atoms with Gasteiger partial charge in [-0.15, -0.1) is 0 Å². The number of unbranched alkanes of at least 4 members (excludes halogenated alkanes) is 4. The van der Waals surface area contributed by atoms with Crippen molar-refractivity contribution in [2.24, 2.45) is 0 Å². The topological polar surface area (TPSA) is 82.1 Å². The second-order valence-corrected chi connectivity index (χ2v) is 4.74. The van der Waals surface area contributed by atoms with Gasteiger partial charge >= 0.3 is 51.5 Å². The van der Waals surface area contributed by atoms with Gasteiger partial charge in [-0.1, -0.05) is 43.9 Å². The van der Waals surface area contributed by atoms with Crippen molar-refractivity contribution in [3.8, 4) is 0 Å². The van der Waals surface area contributed by atoms with Crippen molar-refractivity contribution < 1.29 is 28.3 Å². The van der Waals surface area contributed by atoms with Crippen molar-refractivity contribution in [1.82, 2.24) is 0 Å². The molecule has 0 heterocycles. The number of carbonyl (C=O) groups is 1. The fraction of sp³-hybridized carbons (Fsp3) is 0.700. The van der Waals surface area contributed by atoms with Gasteiger partial charge in [-0.25, -0.2) is 9.36 Å². The Morgan fingerprint density at radius 3 is 2.50 bits per heavy atom. The molecule has 0 saturated heterocycles. The Bertz CT molecular complexity index is 284. The average molecular weight is 308 g/mol. The first-order valence-corrected chi connectivity index (χ1v) is 7.01. The molecule has 0 amide bonds. The molecule has 0 rings (SSSR count). The number of phosphoric ester groups is 1. The summed E-state index contributed by atoms with van der Waals surface area (Å²) in [6.45, 7) is 5.28. The monoisotopic (exact) mass is 308 g/mol. The van der Waals surface area contributed by atoms with E-state index in [0.717, 1.165) is 31.8 Å². The van der Waals surface area contributed by atoms with E-state index in [-0.39, 0.29) is 44.3 Å². The molecule has 0 aliphatic heterocycles. The summed E-state index contributed by atoms with van der Waals surface area (Å²) in [5.74, 6) is -0.953. The predicted molar refractivity (Wildman–Crippen MR) is 70.5 cm³/mol. The van der Waals surface area contributed by atoms with Crippen LogP contribution in [0.25, 0.3) is 0 Å². The van der Waals surface area contributed by atoms with Crippen molar-refractivity contribution in [2.75, 3.05) is 6.61 Å². The number of phosphoric acid groups is 1. The van der Waals surface area contributed by atoms with Crippen molar-refractivity contribution in [1.29, 1.82) is 0 Å². The van der Waals surface area contributed by atoms with E-state index in [1.807, 2.05) is 0 Å². The van der Waals surface area contributed by atoms with Gasteiger partial charge in [0, 0.05) is 6.08 Å². The van der Waals surface area contributed by atoms with E-state index >= 15 is 0 Å². The van der Waals surface area contributed by atoms with Crippen molar-refractivity contribution in [3.05, 3.63) is 12.7 Å². The maximum atomic E-state index is 11.1. The summed E-state index contributed by atoms with van der Waals surface area (Å²) in [6, 6.07) is 0. The molecule has 0 aromatic heterocycles. The second kappa shape index (κ2) is 12.6. The molecule has 0 aromatic rings. The molecule has 0 saturated carbocycles. The Morgan fingerprint density at radius 2 is 1.94 bits per heavy atom. The van der Waals surface area contributed by atoms with Crippen LogP contribution in [0.4, 0.5) is 0 Å². The molecule has 6 nitrogen and oxygen atoms in total. The molecule has 0 spiro atoms. The van der Waals surface area contributed by atoms with E-state index in [0.29, 0.717) is 6.42 Å². The first-order chi connectivity index (χ1) is 8.02. The summed E-state index contributed by atoms with van der Waals surface area (Å²) in [5.41, 5.74) is 0. The van der Waals surface area contributed by atoms with Gasteiger partial charge in [-0.05, 0) is 6.42 Å². The zero-order valence-corrected chi connectivity index (χ0v) is 10.9. The van der Waals surface area contributed by atoms with Gasteiger partial charge in [0.2, 0.25) is 0 Å². The normalized spacial score (nSPS) is 13.2. The predicted octanol–water partition coefficient (Wildman–Crippen LogP) is 1.82. The van der Waals surface area contributed by atoms with Gasteiger partial charge in [0.05, 0.1) is 6.61 Å². The fourth-order valence-electron chi connectivity index (χ4n) is 1.02. The average Bonchev–Trinajstić information content (AvgIpc) is 2.30. The molecule has 0 fully saturated rings. The van der Waals surface area contributed by atoms with Crippen LogP contribution >= 0.6 is 7.82 Å². The molecule has 104 valence electrons. The van der Waals surface area contributed by atoms with Gasteiger partial charge in [-0.2, -0.15) is 0 Å². The van der Waals surface area contributed by atoms with Crippen LogP contribution in [0.3, 0.4) is 0 Å². The van der Waals surface area contributed by atoms with E-state index in [9.17, 15) is 9.36 Å². The summed E-state index contributed by atoms with van der Waals surface area (Å²) < 4.78 is 19.7. The summed E-state index contributed by atoms with van der Waals surface area (Å²) >= 11 is 0. The summed E-state index contributed by atoms with van der Waals surface area (Å²) in [6.07, 6.45) is 5.69.